The molecular formula is C10H7FN2O2. The van der Waals surface area contributed by atoms with Crippen molar-refractivity contribution < 1.29 is 13.6 Å². The predicted octanol–water partition coefficient (Wildman–Crippen LogP) is 2.00. The zero-order valence-electron chi connectivity index (χ0n) is 7.90. The first-order chi connectivity index (χ1) is 7.20. The quantitative estimate of drug-likeness (QED) is 0.705. The molecule has 4 nitrogen and oxygen atoms in total. The van der Waals surface area contributed by atoms with Crippen LogP contribution in [-0.2, 0) is 0 Å². The highest BCUT2D eigenvalue weighted by atomic mass is 19.1. The smallest absolute Gasteiger partial charge is 0.280 e. The lowest BCUT2D eigenvalue weighted by Crippen LogP contribution is -1.85. The van der Waals surface area contributed by atoms with Crippen molar-refractivity contribution in [1.82, 2.24) is 10.2 Å². The maximum Gasteiger partial charge on any atom is 0.280 e. The summed E-state index contributed by atoms with van der Waals surface area (Å²) < 4.78 is 17.8. The van der Waals surface area contributed by atoms with Crippen LogP contribution < -0.4 is 0 Å². The molecule has 0 aliphatic heterocycles. The lowest BCUT2D eigenvalue weighted by Gasteiger charge is -1.99. The van der Waals surface area contributed by atoms with Crippen LogP contribution in [0.25, 0.3) is 11.5 Å². The molecule has 76 valence electrons. The zero-order chi connectivity index (χ0) is 10.8. The topological polar surface area (TPSA) is 56.0 Å². The van der Waals surface area contributed by atoms with Gasteiger partial charge in [0.2, 0.25) is 12.2 Å². The lowest BCUT2D eigenvalue weighted by atomic mass is 10.1. The van der Waals surface area contributed by atoms with Crippen LogP contribution in [0, 0.1) is 12.7 Å². The molecule has 0 amide bonds. The third kappa shape index (κ3) is 1.76. The van der Waals surface area contributed by atoms with Gasteiger partial charge < -0.3 is 4.42 Å². The van der Waals surface area contributed by atoms with Gasteiger partial charge in [0.15, 0.2) is 0 Å². The normalized spacial score (nSPS) is 10.3. The Kier molecular flexibility index (Phi) is 2.29. The van der Waals surface area contributed by atoms with Crippen molar-refractivity contribution in [1.29, 1.82) is 0 Å². The molecule has 0 saturated carbocycles. The van der Waals surface area contributed by atoms with Gasteiger partial charge in [0.05, 0.1) is 0 Å². The minimum absolute atomic E-state index is 0.0891. The van der Waals surface area contributed by atoms with E-state index in [2.05, 4.69) is 10.2 Å². The molecule has 2 aromatic rings. The first-order valence-corrected chi connectivity index (χ1v) is 4.26. The van der Waals surface area contributed by atoms with Gasteiger partial charge in [-0.15, -0.1) is 10.2 Å². The van der Waals surface area contributed by atoms with Crippen LogP contribution in [0.2, 0.25) is 0 Å². The second-order valence-corrected chi connectivity index (χ2v) is 3.02. The summed E-state index contributed by atoms with van der Waals surface area (Å²) in [4.78, 5) is 10.3. The van der Waals surface area contributed by atoms with Crippen LogP contribution in [0.3, 0.4) is 0 Å². The molecule has 0 radical (unpaired) electrons. The SMILES string of the molecule is Cc1cc(F)ccc1-c1nnc(C=O)o1. The van der Waals surface area contributed by atoms with Gasteiger partial charge in [-0.3, -0.25) is 4.79 Å². The van der Waals surface area contributed by atoms with Gasteiger partial charge in [-0.05, 0) is 30.7 Å². The van der Waals surface area contributed by atoms with Crippen LogP contribution in [-0.4, -0.2) is 16.5 Å². The van der Waals surface area contributed by atoms with E-state index in [9.17, 15) is 9.18 Å². The van der Waals surface area contributed by atoms with Crippen molar-refractivity contribution in [3.8, 4) is 11.5 Å². The van der Waals surface area contributed by atoms with E-state index in [-0.39, 0.29) is 17.6 Å². The molecule has 0 bridgehead atoms. The van der Waals surface area contributed by atoms with Crippen LogP contribution in [0.1, 0.15) is 16.2 Å². The van der Waals surface area contributed by atoms with Gasteiger partial charge in [0, 0.05) is 5.56 Å². The third-order valence-corrected chi connectivity index (χ3v) is 1.96. The Morgan fingerprint density at radius 3 is 2.80 bits per heavy atom. The fraction of sp³-hybridized carbons (Fsp3) is 0.100. The number of hydrogen-bond donors (Lipinski definition) is 0. The first-order valence-electron chi connectivity index (χ1n) is 4.26. The minimum atomic E-state index is -0.327. The van der Waals surface area contributed by atoms with Crippen molar-refractivity contribution in [3.05, 3.63) is 35.5 Å². The van der Waals surface area contributed by atoms with Crippen LogP contribution >= 0.6 is 0 Å². The molecule has 0 atom stereocenters. The number of aldehydes is 1. The van der Waals surface area contributed by atoms with Gasteiger partial charge in [0.25, 0.3) is 5.89 Å². The molecule has 0 saturated heterocycles. The number of benzene rings is 1. The van der Waals surface area contributed by atoms with E-state index in [1.807, 2.05) is 0 Å². The Hall–Kier alpha value is -2.04. The van der Waals surface area contributed by atoms with Crippen molar-refractivity contribution in [2.75, 3.05) is 0 Å². The first kappa shape index (κ1) is 9.51. The molecule has 0 aliphatic carbocycles. The van der Waals surface area contributed by atoms with Crippen molar-refractivity contribution in [2.24, 2.45) is 0 Å². The minimum Gasteiger partial charge on any atom is -0.414 e. The standard InChI is InChI=1S/C10H7FN2O2/c1-6-4-7(11)2-3-8(6)10-13-12-9(5-14)15-10/h2-5H,1H3. The van der Waals surface area contributed by atoms with E-state index in [4.69, 9.17) is 4.42 Å². The molecule has 1 heterocycles. The summed E-state index contributed by atoms with van der Waals surface area (Å²) >= 11 is 0. The Morgan fingerprint density at radius 1 is 1.40 bits per heavy atom. The summed E-state index contributed by atoms with van der Waals surface area (Å²) in [6.45, 7) is 1.73. The van der Waals surface area contributed by atoms with Crippen molar-refractivity contribution in [3.63, 3.8) is 0 Å². The number of aromatic nitrogens is 2. The van der Waals surface area contributed by atoms with E-state index >= 15 is 0 Å². The van der Waals surface area contributed by atoms with E-state index in [0.717, 1.165) is 0 Å². The molecule has 5 heteroatoms. The molecule has 0 fully saturated rings. The van der Waals surface area contributed by atoms with Crippen LogP contribution in [0.5, 0.6) is 0 Å². The summed E-state index contributed by atoms with van der Waals surface area (Å²) in [6.07, 6.45) is 0.468. The fourth-order valence-corrected chi connectivity index (χ4v) is 1.26. The largest absolute Gasteiger partial charge is 0.414 e. The summed E-state index contributed by atoms with van der Waals surface area (Å²) in [6, 6.07) is 4.19. The van der Waals surface area contributed by atoms with Gasteiger partial charge >= 0.3 is 0 Å². The number of halogens is 1. The summed E-state index contributed by atoms with van der Waals surface area (Å²) in [5.41, 5.74) is 1.30. The van der Waals surface area contributed by atoms with E-state index < -0.39 is 0 Å². The van der Waals surface area contributed by atoms with E-state index in [0.29, 0.717) is 17.4 Å². The molecule has 15 heavy (non-hydrogen) atoms. The van der Waals surface area contributed by atoms with Crippen molar-refractivity contribution in [2.45, 2.75) is 6.92 Å². The molecule has 0 unspecified atom stereocenters. The van der Waals surface area contributed by atoms with Gasteiger partial charge in [0.1, 0.15) is 5.82 Å². The molecular weight excluding hydrogens is 199 g/mol. The Bertz CT molecular complexity index is 508. The Morgan fingerprint density at radius 2 is 2.20 bits per heavy atom. The number of nitrogens with zero attached hydrogens (tertiary/aromatic N) is 2. The molecule has 1 aromatic heterocycles. The monoisotopic (exact) mass is 206 g/mol. The van der Waals surface area contributed by atoms with Gasteiger partial charge in [-0.2, -0.15) is 0 Å². The summed E-state index contributed by atoms with van der Waals surface area (Å²) in [5, 5.41) is 7.17. The van der Waals surface area contributed by atoms with Crippen LogP contribution in [0.15, 0.2) is 22.6 Å². The molecule has 1 aromatic carbocycles. The van der Waals surface area contributed by atoms with Crippen molar-refractivity contribution >= 4 is 6.29 Å². The zero-order valence-corrected chi connectivity index (χ0v) is 7.90. The molecule has 2 rings (SSSR count). The number of carbonyl (C=O) groups excluding carboxylic acids is 1. The van der Waals surface area contributed by atoms with Gasteiger partial charge in [-0.1, -0.05) is 0 Å². The number of aryl methyl sites for hydroxylation is 1. The Labute approximate surface area is 84.7 Å². The van der Waals surface area contributed by atoms with E-state index in [1.165, 1.54) is 18.2 Å². The highest BCUT2D eigenvalue weighted by molar-refractivity contribution is 5.68. The fourth-order valence-electron chi connectivity index (χ4n) is 1.26. The van der Waals surface area contributed by atoms with Gasteiger partial charge in [-0.25, -0.2) is 4.39 Å². The number of carbonyl (C=O) groups is 1. The molecule has 0 spiro atoms. The predicted molar refractivity (Wildman–Crippen MR) is 49.8 cm³/mol. The number of rotatable bonds is 2. The summed E-state index contributed by atoms with van der Waals surface area (Å²) in [7, 11) is 0. The molecule has 0 aliphatic rings. The third-order valence-electron chi connectivity index (χ3n) is 1.96. The summed E-state index contributed by atoms with van der Waals surface area (Å²) in [5.74, 6) is -0.199. The highest BCUT2D eigenvalue weighted by Crippen LogP contribution is 2.22. The molecule has 0 N–H and O–H groups in total. The van der Waals surface area contributed by atoms with E-state index in [1.54, 1.807) is 6.92 Å². The average Bonchev–Trinajstić information content (AvgIpc) is 2.66. The second-order valence-electron chi connectivity index (χ2n) is 3.02. The maximum atomic E-state index is 12.8. The second kappa shape index (κ2) is 3.61. The Balaban J connectivity index is 2.49. The number of hydrogen-bond acceptors (Lipinski definition) is 4. The van der Waals surface area contributed by atoms with Crippen LogP contribution in [0.4, 0.5) is 4.39 Å². The lowest BCUT2D eigenvalue weighted by molar-refractivity contribution is 0.109. The highest BCUT2D eigenvalue weighted by Gasteiger charge is 2.10. The maximum absolute atomic E-state index is 12.8. The average molecular weight is 206 g/mol.